The fraction of sp³-hybridized carbons (Fsp3) is 0.389. The van der Waals surface area contributed by atoms with Gasteiger partial charge in [0.05, 0.1) is 10.7 Å². The van der Waals surface area contributed by atoms with Crippen molar-refractivity contribution in [2.75, 3.05) is 0 Å². The van der Waals surface area contributed by atoms with Crippen LogP contribution in [0.3, 0.4) is 0 Å². The Balaban J connectivity index is 2.46. The van der Waals surface area contributed by atoms with E-state index in [4.69, 9.17) is 18.0 Å². The van der Waals surface area contributed by atoms with Crippen LogP contribution in [0.25, 0.3) is 5.57 Å². The SMILES string of the molecule is C#CC1=CC=C(c2nn(C)c(CCC)c2Cl)C=CCC1C. The topological polar surface area (TPSA) is 17.8 Å². The van der Waals surface area contributed by atoms with Gasteiger partial charge in [0, 0.05) is 18.2 Å². The maximum absolute atomic E-state index is 6.52. The van der Waals surface area contributed by atoms with Crippen LogP contribution in [0.2, 0.25) is 5.02 Å². The minimum Gasteiger partial charge on any atom is -0.270 e. The molecule has 0 amide bonds. The molecule has 0 saturated carbocycles. The first-order valence-corrected chi connectivity index (χ1v) is 7.73. The van der Waals surface area contributed by atoms with Crippen LogP contribution in [-0.4, -0.2) is 9.78 Å². The Morgan fingerprint density at radius 1 is 1.48 bits per heavy atom. The fourth-order valence-electron chi connectivity index (χ4n) is 2.50. The van der Waals surface area contributed by atoms with Crippen LogP contribution in [-0.2, 0) is 13.5 Å². The molecule has 3 heteroatoms. The summed E-state index contributed by atoms with van der Waals surface area (Å²) in [6, 6.07) is 0. The molecule has 0 aromatic carbocycles. The van der Waals surface area contributed by atoms with Gasteiger partial charge in [-0.1, -0.05) is 56.0 Å². The summed E-state index contributed by atoms with van der Waals surface area (Å²) in [5.41, 5.74) is 3.94. The molecule has 0 spiro atoms. The van der Waals surface area contributed by atoms with Gasteiger partial charge >= 0.3 is 0 Å². The van der Waals surface area contributed by atoms with Gasteiger partial charge in [-0.2, -0.15) is 5.10 Å². The second-order valence-corrected chi connectivity index (χ2v) is 5.79. The second kappa shape index (κ2) is 6.83. The molecule has 1 aromatic rings. The number of halogens is 1. The molecule has 0 fully saturated rings. The molecule has 2 rings (SSSR count). The molecule has 21 heavy (non-hydrogen) atoms. The molecular formula is C18H21ClN2. The Hall–Kier alpha value is -1.72. The lowest BCUT2D eigenvalue weighted by molar-refractivity contribution is 0.695. The Morgan fingerprint density at radius 3 is 2.90 bits per heavy atom. The summed E-state index contributed by atoms with van der Waals surface area (Å²) in [6.45, 7) is 4.28. The first-order valence-electron chi connectivity index (χ1n) is 7.35. The normalized spacial score (nSPS) is 18.5. The van der Waals surface area contributed by atoms with E-state index >= 15 is 0 Å². The molecule has 0 aliphatic heterocycles. The van der Waals surface area contributed by atoms with Crippen LogP contribution >= 0.6 is 11.6 Å². The van der Waals surface area contributed by atoms with Crippen molar-refractivity contribution in [1.29, 1.82) is 0 Å². The highest BCUT2D eigenvalue weighted by Crippen LogP contribution is 2.30. The highest BCUT2D eigenvalue weighted by Gasteiger charge is 2.16. The summed E-state index contributed by atoms with van der Waals surface area (Å²) in [5, 5.41) is 5.33. The monoisotopic (exact) mass is 300 g/mol. The molecule has 1 heterocycles. The number of hydrogen-bond donors (Lipinski definition) is 0. The largest absolute Gasteiger partial charge is 0.270 e. The van der Waals surface area contributed by atoms with Gasteiger partial charge < -0.3 is 0 Å². The van der Waals surface area contributed by atoms with Gasteiger partial charge in [0.2, 0.25) is 0 Å². The number of aromatic nitrogens is 2. The maximum Gasteiger partial charge on any atom is 0.111 e. The molecular weight excluding hydrogens is 280 g/mol. The van der Waals surface area contributed by atoms with Crippen LogP contribution in [0.1, 0.15) is 38.1 Å². The molecule has 1 aromatic heterocycles. The Bertz CT molecular complexity index is 653. The smallest absolute Gasteiger partial charge is 0.111 e. The highest BCUT2D eigenvalue weighted by molar-refractivity contribution is 6.33. The van der Waals surface area contributed by atoms with Crippen molar-refractivity contribution in [3.05, 3.63) is 46.3 Å². The molecule has 0 N–H and O–H groups in total. The third-order valence-electron chi connectivity index (χ3n) is 3.79. The van der Waals surface area contributed by atoms with Crippen molar-refractivity contribution in [2.24, 2.45) is 13.0 Å². The first-order chi connectivity index (χ1) is 10.1. The third-order valence-corrected chi connectivity index (χ3v) is 4.19. The lowest BCUT2D eigenvalue weighted by Crippen LogP contribution is -1.98. The third kappa shape index (κ3) is 3.31. The number of aryl methyl sites for hydroxylation is 1. The average Bonchev–Trinajstić information content (AvgIpc) is 2.72. The van der Waals surface area contributed by atoms with Crippen molar-refractivity contribution in [3.63, 3.8) is 0 Å². The summed E-state index contributed by atoms with van der Waals surface area (Å²) in [4.78, 5) is 0. The molecule has 1 unspecified atom stereocenters. The van der Waals surface area contributed by atoms with Crippen LogP contribution in [0.4, 0.5) is 0 Å². The van der Waals surface area contributed by atoms with Crippen molar-refractivity contribution in [1.82, 2.24) is 9.78 Å². The van der Waals surface area contributed by atoms with Crippen LogP contribution in [0.15, 0.2) is 29.9 Å². The molecule has 0 saturated heterocycles. The van der Waals surface area contributed by atoms with Crippen molar-refractivity contribution in [3.8, 4) is 12.3 Å². The number of terminal acetylenes is 1. The van der Waals surface area contributed by atoms with Gasteiger partial charge in [0.15, 0.2) is 0 Å². The summed E-state index contributed by atoms with van der Waals surface area (Å²) >= 11 is 6.52. The summed E-state index contributed by atoms with van der Waals surface area (Å²) in [7, 11) is 1.94. The van der Waals surface area contributed by atoms with E-state index in [1.54, 1.807) is 0 Å². The zero-order chi connectivity index (χ0) is 15.4. The zero-order valence-corrected chi connectivity index (χ0v) is 13.6. The molecule has 1 aliphatic rings. The molecule has 110 valence electrons. The van der Waals surface area contributed by atoms with E-state index in [0.29, 0.717) is 5.92 Å². The lowest BCUT2D eigenvalue weighted by Gasteiger charge is -2.10. The number of hydrogen-bond acceptors (Lipinski definition) is 1. The Kier molecular flexibility index (Phi) is 5.09. The maximum atomic E-state index is 6.52. The minimum absolute atomic E-state index is 0.374. The van der Waals surface area contributed by atoms with E-state index in [2.05, 4.69) is 37.0 Å². The lowest BCUT2D eigenvalue weighted by atomic mass is 9.94. The van der Waals surface area contributed by atoms with E-state index in [1.165, 1.54) is 0 Å². The van der Waals surface area contributed by atoms with Gasteiger partial charge in [-0.15, -0.1) is 6.42 Å². The minimum atomic E-state index is 0.374. The van der Waals surface area contributed by atoms with Crippen molar-refractivity contribution < 1.29 is 0 Å². The number of rotatable bonds is 3. The van der Waals surface area contributed by atoms with E-state index in [0.717, 1.165) is 46.8 Å². The number of allylic oxidation sites excluding steroid dienone is 6. The van der Waals surface area contributed by atoms with E-state index in [-0.39, 0.29) is 0 Å². The van der Waals surface area contributed by atoms with Gasteiger partial charge in [-0.3, -0.25) is 4.68 Å². The van der Waals surface area contributed by atoms with E-state index < -0.39 is 0 Å². The van der Waals surface area contributed by atoms with Gasteiger partial charge in [0.1, 0.15) is 5.69 Å². The molecule has 1 aliphatic carbocycles. The Morgan fingerprint density at radius 2 is 2.24 bits per heavy atom. The predicted molar refractivity (Wildman–Crippen MR) is 90.0 cm³/mol. The highest BCUT2D eigenvalue weighted by atomic mass is 35.5. The second-order valence-electron chi connectivity index (χ2n) is 5.41. The molecule has 0 bridgehead atoms. The summed E-state index contributed by atoms with van der Waals surface area (Å²) < 4.78 is 1.88. The van der Waals surface area contributed by atoms with Crippen molar-refractivity contribution >= 4 is 17.2 Å². The van der Waals surface area contributed by atoms with E-state index in [1.807, 2.05) is 23.9 Å². The van der Waals surface area contributed by atoms with Crippen LogP contribution < -0.4 is 0 Å². The molecule has 1 atom stereocenters. The summed E-state index contributed by atoms with van der Waals surface area (Å²) in [5.74, 6) is 3.14. The zero-order valence-electron chi connectivity index (χ0n) is 12.9. The Labute approximate surface area is 132 Å². The van der Waals surface area contributed by atoms with Gasteiger partial charge in [-0.25, -0.2) is 0 Å². The molecule has 0 radical (unpaired) electrons. The summed E-state index contributed by atoms with van der Waals surface area (Å²) in [6.07, 6.45) is 16.7. The molecule has 2 nitrogen and oxygen atoms in total. The van der Waals surface area contributed by atoms with E-state index in [9.17, 15) is 0 Å². The van der Waals surface area contributed by atoms with Crippen LogP contribution in [0.5, 0.6) is 0 Å². The van der Waals surface area contributed by atoms with Crippen LogP contribution in [0, 0.1) is 18.3 Å². The van der Waals surface area contributed by atoms with Gasteiger partial charge in [0.25, 0.3) is 0 Å². The standard InChI is InChI=1S/C18H21ClN2/c1-5-8-16-17(19)18(20-21(16)4)15-10-7-9-13(3)14(6-2)11-12-15/h2,7,10-13H,5,8-9H2,1,3-4H3. The fourth-order valence-corrected chi connectivity index (χ4v) is 2.86. The average molecular weight is 301 g/mol. The van der Waals surface area contributed by atoms with Gasteiger partial charge in [-0.05, 0) is 24.8 Å². The quantitative estimate of drug-likeness (QED) is 0.748. The number of nitrogens with zero attached hydrogens (tertiary/aromatic N) is 2. The van der Waals surface area contributed by atoms with Crippen molar-refractivity contribution in [2.45, 2.75) is 33.1 Å². The predicted octanol–water partition coefficient (Wildman–Crippen LogP) is 4.57. The first kappa shape index (κ1) is 15.7.